The summed E-state index contributed by atoms with van der Waals surface area (Å²) in [5.74, 6) is 2.65. The van der Waals surface area contributed by atoms with E-state index in [9.17, 15) is 0 Å². The third-order valence-electron chi connectivity index (χ3n) is 4.15. The Morgan fingerprint density at radius 2 is 2.00 bits per heavy atom. The van der Waals surface area contributed by atoms with Crippen molar-refractivity contribution in [1.82, 2.24) is 9.78 Å². The van der Waals surface area contributed by atoms with Crippen LogP contribution in [-0.4, -0.2) is 30.5 Å². The molecule has 0 radical (unpaired) electrons. The van der Waals surface area contributed by atoms with Gasteiger partial charge in [0.25, 0.3) is 0 Å². The van der Waals surface area contributed by atoms with Crippen molar-refractivity contribution in [2.45, 2.75) is 32.7 Å². The van der Waals surface area contributed by atoms with E-state index in [0.29, 0.717) is 0 Å². The highest BCUT2D eigenvalue weighted by molar-refractivity contribution is 5.72. The van der Waals surface area contributed by atoms with Crippen molar-refractivity contribution >= 4 is 5.82 Å². The first-order chi connectivity index (χ1) is 10.8. The minimum absolute atomic E-state index is 0.737. The number of anilines is 1. The maximum absolute atomic E-state index is 5.43. The summed E-state index contributed by atoms with van der Waals surface area (Å²) in [4.78, 5) is 0. The summed E-state index contributed by atoms with van der Waals surface area (Å²) >= 11 is 0. The van der Waals surface area contributed by atoms with Crippen LogP contribution in [0.25, 0.3) is 11.3 Å². The molecule has 0 unspecified atom stereocenters. The number of aryl methyl sites for hydroxylation is 1. The van der Waals surface area contributed by atoms with Crippen LogP contribution in [0.4, 0.5) is 5.82 Å². The minimum atomic E-state index is 0.737. The van der Waals surface area contributed by atoms with Gasteiger partial charge in [-0.3, -0.25) is 0 Å². The van der Waals surface area contributed by atoms with Gasteiger partial charge < -0.3 is 14.8 Å². The van der Waals surface area contributed by atoms with Crippen molar-refractivity contribution in [1.29, 1.82) is 0 Å². The molecule has 0 bridgehead atoms. The molecule has 1 aliphatic heterocycles. The van der Waals surface area contributed by atoms with Gasteiger partial charge in [0.1, 0.15) is 5.82 Å². The Bertz CT molecular complexity index is 664. The second-order valence-corrected chi connectivity index (χ2v) is 5.45. The summed E-state index contributed by atoms with van der Waals surface area (Å²) in [6.07, 6.45) is 3.45. The molecular weight excluding hydrogens is 278 g/mol. The third-order valence-corrected chi connectivity index (χ3v) is 4.15. The van der Waals surface area contributed by atoms with Crippen LogP contribution in [0.1, 0.15) is 25.3 Å². The molecule has 1 N–H and O–H groups in total. The summed E-state index contributed by atoms with van der Waals surface area (Å²) < 4.78 is 12.8. The molecule has 0 fully saturated rings. The first kappa shape index (κ1) is 14.8. The zero-order valence-corrected chi connectivity index (χ0v) is 13.5. The fourth-order valence-electron chi connectivity index (χ4n) is 3.01. The smallest absolute Gasteiger partial charge is 0.161 e. The molecule has 118 valence electrons. The molecule has 2 heterocycles. The van der Waals surface area contributed by atoms with Gasteiger partial charge >= 0.3 is 0 Å². The molecule has 5 nitrogen and oxygen atoms in total. The van der Waals surface area contributed by atoms with Crippen molar-refractivity contribution in [2.75, 3.05) is 26.1 Å². The average Bonchev–Trinajstić information content (AvgIpc) is 2.74. The number of hydrogen-bond acceptors (Lipinski definition) is 4. The first-order valence-electron chi connectivity index (χ1n) is 7.84. The summed E-state index contributed by atoms with van der Waals surface area (Å²) in [7, 11) is 3.31. The number of aromatic nitrogens is 2. The Morgan fingerprint density at radius 3 is 2.73 bits per heavy atom. The van der Waals surface area contributed by atoms with Crippen molar-refractivity contribution in [3.05, 3.63) is 23.8 Å². The second-order valence-electron chi connectivity index (χ2n) is 5.45. The molecular formula is C17H23N3O2. The fourth-order valence-corrected chi connectivity index (χ4v) is 3.01. The number of fused-ring (bicyclic) bond motifs is 1. The number of hydrogen-bond donors (Lipinski definition) is 1. The van der Waals surface area contributed by atoms with Gasteiger partial charge in [-0.25, -0.2) is 4.68 Å². The molecule has 1 aliphatic rings. The third kappa shape index (κ3) is 2.51. The molecule has 0 aliphatic carbocycles. The summed E-state index contributed by atoms with van der Waals surface area (Å²) in [5.41, 5.74) is 3.43. The van der Waals surface area contributed by atoms with Gasteiger partial charge in [-0.15, -0.1) is 0 Å². The van der Waals surface area contributed by atoms with Crippen molar-refractivity contribution in [3.63, 3.8) is 0 Å². The number of benzene rings is 1. The standard InChI is InChI=1S/C17H23N3O2/c1-4-20-17-13(7-5-6-10-18-17)16(19-20)12-8-9-14(21-2)15(11-12)22-3/h8-9,11,18H,4-7,10H2,1-3H3. The highest BCUT2D eigenvalue weighted by Gasteiger charge is 2.21. The lowest BCUT2D eigenvalue weighted by atomic mass is 10.0. The van der Waals surface area contributed by atoms with Gasteiger partial charge in [0.15, 0.2) is 11.5 Å². The van der Waals surface area contributed by atoms with Crippen LogP contribution in [0.2, 0.25) is 0 Å². The van der Waals surface area contributed by atoms with Crippen LogP contribution < -0.4 is 14.8 Å². The number of ether oxygens (including phenoxy) is 2. The monoisotopic (exact) mass is 301 g/mol. The molecule has 2 aromatic rings. The lowest BCUT2D eigenvalue weighted by Gasteiger charge is -2.09. The number of rotatable bonds is 4. The van der Waals surface area contributed by atoms with Crippen LogP contribution >= 0.6 is 0 Å². The van der Waals surface area contributed by atoms with Gasteiger partial charge in [0.05, 0.1) is 19.9 Å². The van der Waals surface area contributed by atoms with E-state index in [1.54, 1.807) is 14.2 Å². The van der Waals surface area contributed by atoms with Crippen LogP contribution in [-0.2, 0) is 13.0 Å². The molecule has 0 spiro atoms. The Kier molecular flexibility index (Phi) is 4.22. The van der Waals surface area contributed by atoms with E-state index >= 15 is 0 Å². The zero-order valence-electron chi connectivity index (χ0n) is 13.5. The zero-order chi connectivity index (χ0) is 15.5. The van der Waals surface area contributed by atoms with Gasteiger partial charge in [0.2, 0.25) is 0 Å². The van der Waals surface area contributed by atoms with E-state index in [1.165, 1.54) is 24.2 Å². The minimum Gasteiger partial charge on any atom is -0.493 e. The quantitative estimate of drug-likeness (QED) is 0.941. The SMILES string of the molecule is CCn1nc(-c2ccc(OC)c(OC)c2)c2c1NCCCC2. The van der Waals surface area contributed by atoms with Crippen molar-refractivity contribution < 1.29 is 9.47 Å². The number of nitrogens with one attached hydrogen (secondary N) is 1. The predicted octanol–water partition coefficient (Wildman–Crippen LogP) is 3.34. The average molecular weight is 301 g/mol. The van der Waals surface area contributed by atoms with Crippen molar-refractivity contribution in [2.24, 2.45) is 0 Å². The van der Waals surface area contributed by atoms with Crippen LogP contribution in [0.15, 0.2) is 18.2 Å². The Morgan fingerprint density at radius 1 is 1.18 bits per heavy atom. The Labute approximate surface area is 131 Å². The summed E-state index contributed by atoms with van der Waals surface area (Å²) in [6.45, 7) is 4.00. The van der Waals surface area contributed by atoms with E-state index in [2.05, 4.69) is 23.0 Å². The predicted molar refractivity (Wildman–Crippen MR) is 87.9 cm³/mol. The van der Waals surface area contributed by atoms with E-state index in [1.807, 2.05) is 12.1 Å². The molecule has 0 atom stereocenters. The largest absolute Gasteiger partial charge is 0.493 e. The van der Waals surface area contributed by atoms with Crippen molar-refractivity contribution in [3.8, 4) is 22.8 Å². The molecule has 0 amide bonds. The Balaban J connectivity index is 2.10. The van der Waals surface area contributed by atoms with Crippen LogP contribution in [0, 0.1) is 0 Å². The molecule has 22 heavy (non-hydrogen) atoms. The Hall–Kier alpha value is -2.17. The normalized spacial score (nSPS) is 14.0. The van der Waals surface area contributed by atoms with Crippen LogP contribution in [0.5, 0.6) is 11.5 Å². The lowest BCUT2D eigenvalue weighted by Crippen LogP contribution is -2.07. The van der Waals surface area contributed by atoms with Gasteiger partial charge in [-0.2, -0.15) is 5.10 Å². The fraction of sp³-hybridized carbons (Fsp3) is 0.471. The first-order valence-corrected chi connectivity index (χ1v) is 7.84. The molecule has 1 aromatic heterocycles. The van der Waals surface area contributed by atoms with E-state index in [0.717, 1.165) is 42.3 Å². The topological polar surface area (TPSA) is 48.3 Å². The molecule has 5 heteroatoms. The molecule has 1 aromatic carbocycles. The van der Waals surface area contributed by atoms with E-state index in [4.69, 9.17) is 14.6 Å². The maximum Gasteiger partial charge on any atom is 0.161 e. The molecule has 0 saturated heterocycles. The van der Waals surface area contributed by atoms with E-state index in [-0.39, 0.29) is 0 Å². The van der Waals surface area contributed by atoms with Gasteiger partial charge in [-0.1, -0.05) is 0 Å². The summed E-state index contributed by atoms with van der Waals surface area (Å²) in [5, 5.41) is 8.34. The molecule has 3 rings (SSSR count). The van der Waals surface area contributed by atoms with E-state index < -0.39 is 0 Å². The lowest BCUT2D eigenvalue weighted by molar-refractivity contribution is 0.355. The number of methoxy groups -OCH3 is 2. The summed E-state index contributed by atoms with van der Waals surface area (Å²) in [6, 6.07) is 6.00. The molecule has 0 saturated carbocycles. The highest BCUT2D eigenvalue weighted by Crippen LogP contribution is 2.36. The highest BCUT2D eigenvalue weighted by atomic mass is 16.5. The van der Waals surface area contributed by atoms with Crippen LogP contribution in [0.3, 0.4) is 0 Å². The second kappa shape index (κ2) is 6.30. The van der Waals surface area contributed by atoms with Gasteiger partial charge in [-0.05, 0) is 44.4 Å². The maximum atomic E-state index is 5.43. The number of nitrogens with zero attached hydrogens (tertiary/aromatic N) is 2. The van der Waals surface area contributed by atoms with Gasteiger partial charge in [0, 0.05) is 24.2 Å².